The summed E-state index contributed by atoms with van der Waals surface area (Å²) < 4.78 is 11.2. The Morgan fingerprint density at radius 3 is 2.86 bits per heavy atom. The van der Waals surface area contributed by atoms with E-state index < -0.39 is 0 Å². The Hall–Kier alpha value is -0.410. The highest BCUT2D eigenvalue weighted by atomic mass is 16.5. The van der Waals surface area contributed by atoms with Gasteiger partial charge in [0.05, 0.1) is 18.1 Å². The van der Waals surface area contributed by atoms with Gasteiger partial charge in [0, 0.05) is 6.61 Å². The van der Waals surface area contributed by atoms with Crippen LogP contribution in [0.15, 0.2) is 0 Å². The van der Waals surface area contributed by atoms with Crippen LogP contribution in [0.5, 0.6) is 0 Å². The van der Waals surface area contributed by atoms with Gasteiger partial charge in [0.25, 0.3) is 0 Å². The van der Waals surface area contributed by atoms with E-state index in [0.29, 0.717) is 5.92 Å². The standard InChI is InChI=1S/C11H18O3/c1-7(2)10-8(12)6-14-9-4-3-5-13-11(9)10/h7,9-11H,3-6H2,1-2H3/t9-,10-,11+/m1/s1. The molecule has 80 valence electrons. The van der Waals surface area contributed by atoms with Crippen LogP contribution in [0.4, 0.5) is 0 Å². The van der Waals surface area contributed by atoms with E-state index in [2.05, 4.69) is 13.8 Å². The minimum absolute atomic E-state index is 0.0185. The maximum absolute atomic E-state index is 11.7. The van der Waals surface area contributed by atoms with Gasteiger partial charge < -0.3 is 9.47 Å². The molecule has 0 aromatic rings. The normalized spacial score (nSPS) is 38.5. The van der Waals surface area contributed by atoms with Crippen molar-refractivity contribution in [2.45, 2.75) is 38.9 Å². The zero-order valence-corrected chi connectivity index (χ0v) is 8.86. The third-order valence-corrected chi connectivity index (χ3v) is 3.19. The molecule has 2 aliphatic rings. The third kappa shape index (κ3) is 1.71. The minimum Gasteiger partial charge on any atom is -0.375 e. The highest BCUT2D eigenvalue weighted by Gasteiger charge is 2.42. The number of fused-ring (bicyclic) bond motifs is 1. The fourth-order valence-electron chi connectivity index (χ4n) is 2.51. The first kappa shape index (κ1) is 10.1. The zero-order valence-electron chi connectivity index (χ0n) is 8.86. The second-order valence-electron chi connectivity index (χ2n) is 4.56. The fourth-order valence-corrected chi connectivity index (χ4v) is 2.51. The summed E-state index contributed by atoms with van der Waals surface area (Å²) in [5.41, 5.74) is 0. The molecule has 2 fully saturated rings. The molecule has 0 bridgehead atoms. The first-order chi connectivity index (χ1) is 6.70. The van der Waals surface area contributed by atoms with Crippen LogP contribution < -0.4 is 0 Å². The molecular weight excluding hydrogens is 180 g/mol. The van der Waals surface area contributed by atoms with Crippen LogP contribution in [0.1, 0.15) is 26.7 Å². The monoisotopic (exact) mass is 198 g/mol. The van der Waals surface area contributed by atoms with Crippen molar-refractivity contribution in [3.05, 3.63) is 0 Å². The maximum Gasteiger partial charge on any atom is 0.164 e. The summed E-state index contributed by atoms with van der Waals surface area (Å²) in [6.07, 6.45) is 2.28. The Labute approximate surface area is 84.8 Å². The predicted molar refractivity (Wildman–Crippen MR) is 52.0 cm³/mol. The van der Waals surface area contributed by atoms with E-state index in [-0.39, 0.29) is 30.5 Å². The third-order valence-electron chi connectivity index (χ3n) is 3.19. The van der Waals surface area contributed by atoms with Gasteiger partial charge in [0.1, 0.15) is 6.61 Å². The van der Waals surface area contributed by atoms with Gasteiger partial charge in [-0.05, 0) is 18.8 Å². The molecule has 0 aromatic carbocycles. The van der Waals surface area contributed by atoms with Crippen LogP contribution in [0, 0.1) is 11.8 Å². The van der Waals surface area contributed by atoms with Crippen molar-refractivity contribution in [1.82, 2.24) is 0 Å². The summed E-state index contributed by atoms with van der Waals surface area (Å²) in [5.74, 6) is 0.620. The van der Waals surface area contributed by atoms with Crippen LogP contribution in [0.25, 0.3) is 0 Å². The molecule has 2 heterocycles. The van der Waals surface area contributed by atoms with E-state index in [1.54, 1.807) is 0 Å². The molecule has 0 aromatic heterocycles. The van der Waals surface area contributed by atoms with Gasteiger partial charge in [-0.2, -0.15) is 0 Å². The Kier molecular flexibility index (Phi) is 2.88. The second kappa shape index (κ2) is 3.99. The number of hydrogen-bond donors (Lipinski definition) is 0. The van der Waals surface area contributed by atoms with E-state index in [1.165, 1.54) is 0 Å². The summed E-state index contributed by atoms with van der Waals surface area (Å²) in [5, 5.41) is 0. The maximum atomic E-state index is 11.7. The van der Waals surface area contributed by atoms with Crippen LogP contribution in [-0.2, 0) is 14.3 Å². The molecule has 2 saturated heterocycles. The number of rotatable bonds is 1. The van der Waals surface area contributed by atoms with Gasteiger partial charge >= 0.3 is 0 Å². The van der Waals surface area contributed by atoms with Crippen LogP contribution >= 0.6 is 0 Å². The predicted octanol–water partition coefficient (Wildman–Crippen LogP) is 1.41. The Balaban J connectivity index is 2.13. The summed E-state index contributed by atoms with van der Waals surface area (Å²) in [6.45, 7) is 5.24. The molecule has 0 spiro atoms. The molecule has 0 amide bonds. The molecular formula is C11H18O3. The average Bonchev–Trinajstić information content (AvgIpc) is 2.17. The quantitative estimate of drug-likeness (QED) is 0.639. The van der Waals surface area contributed by atoms with E-state index in [4.69, 9.17) is 9.47 Å². The van der Waals surface area contributed by atoms with Crippen molar-refractivity contribution >= 4 is 5.78 Å². The molecule has 0 unspecified atom stereocenters. The van der Waals surface area contributed by atoms with Gasteiger partial charge in [0.2, 0.25) is 0 Å². The molecule has 3 heteroatoms. The lowest BCUT2D eigenvalue weighted by Crippen LogP contribution is -2.52. The van der Waals surface area contributed by atoms with Gasteiger partial charge in [-0.1, -0.05) is 13.8 Å². The number of ketones is 1. The second-order valence-corrected chi connectivity index (χ2v) is 4.56. The first-order valence-corrected chi connectivity index (χ1v) is 5.46. The van der Waals surface area contributed by atoms with Crippen molar-refractivity contribution in [1.29, 1.82) is 0 Å². The number of ether oxygens (including phenoxy) is 2. The SMILES string of the molecule is CC(C)[C@@H]1C(=O)CO[C@@H]2CCCO[C@@H]21. The van der Waals surface area contributed by atoms with Gasteiger partial charge in [0.15, 0.2) is 5.78 Å². The number of Topliss-reactive ketones (excluding diaryl/α,β-unsaturated/α-hetero) is 1. The van der Waals surface area contributed by atoms with E-state index in [0.717, 1.165) is 19.4 Å². The molecule has 0 aliphatic carbocycles. The van der Waals surface area contributed by atoms with E-state index >= 15 is 0 Å². The topological polar surface area (TPSA) is 35.5 Å². The molecule has 3 nitrogen and oxygen atoms in total. The molecule has 0 radical (unpaired) electrons. The highest BCUT2D eigenvalue weighted by Crippen LogP contribution is 2.32. The van der Waals surface area contributed by atoms with Crippen molar-refractivity contribution in [2.24, 2.45) is 11.8 Å². The summed E-state index contributed by atoms with van der Waals surface area (Å²) in [7, 11) is 0. The van der Waals surface area contributed by atoms with Gasteiger partial charge in [-0.15, -0.1) is 0 Å². The molecule has 2 rings (SSSR count). The molecule has 14 heavy (non-hydrogen) atoms. The minimum atomic E-state index is 0.0185. The zero-order chi connectivity index (χ0) is 10.1. The number of carbonyl (C=O) groups excluding carboxylic acids is 1. The Morgan fingerprint density at radius 1 is 1.36 bits per heavy atom. The highest BCUT2D eigenvalue weighted by molar-refractivity contribution is 5.83. The Bertz CT molecular complexity index is 225. The lowest BCUT2D eigenvalue weighted by Gasteiger charge is -2.41. The smallest absolute Gasteiger partial charge is 0.164 e. The van der Waals surface area contributed by atoms with Crippen molar-refractivity contribution in [2.75, 3.05) is 13.2 Å². The fraction of sp³-hybridized carbons (Fsp3) is 0.909. The Morgan fingerprint density at radius 2 is 2.14 bits per heavy atom. The summed E-state index contributed by atoms with van der Waals surface area (Å²) in [6, 6.07) is 0. The lowest BCUT2D eigenvalue weighted by atomic mass is 9.80. The van der Waals surface area contributed by atoms with Crippen LogP contribution in [0.3, 0.4) is 0 Å². The van der Waals surface area contributed by atoms with Crippen molar-refractivity contribution in [3.63, 3.8) is 0 Å². The first-order valence-electron chi connectivity index (χ1n) is 5.46. The molecule has 0 N–H and O–H groups in total. The van der Waals surface area contributed by atoms with Crippen LogP contribution in [-0.4, -0.2) is 31.2 Å². The summed E-state index contributed by atoms with van der Waals surface area (Å²) in [4.78, 5) is 11.7. The lowest BCUT2D eigenvalue weighted by molar-refractivity contribution is -0.179. The summed E-state index contributed by atoms with van der Waals surface area (Å²) >= 11 is 0. The molecule has 3 atom stereocenters. The van der Waals surface area contributed by atoms with Gasteiger partial charge in [-0.3, -0.25) is 4.79 Å². The van der Waals surface area contributed by atoms with E-state index in [1.807, 2.05) is 0 Å². The van der Waals surface area contributed by atoms with Crippen molar-refractivity contribution in [3.8, 4) is 0 Å². The number of carbonyl (C=O) groups is 1. The van der Waals surface area contributed by atoms with E-state index in [9.17, 15) is 4.79 Å². The average molecular weight is 198 g/mol. The molecule has 2 aliphatic heterocycles. The largest absolute Gasteiger partial charge is 0.375 e. The number of hydrogen-bond acceptors (Lipinski definition) is 3. The molecule has 0 saturated carbocycles. The van der Waals surface area contributed by atoms with Crippen molar-refractivity contribution < 1.29 is 14.3 Å². The van der Waals surface area contributed by atoms with Crippen LogP contribution in [0.2, 0.25) is 0 Å². The van der Waals surface area contributed by atoms with Gasteiger partial charge in [-0.25, -0.2) is 0 Å².